The van der Waals surface area contributed by atoms with Crippen LogP contribution in [-0.2, 0) is 87.4 Å². The predicted molar refractivity (Wildman–Crippen MR) is 304 cm³/mol. The van der Waals surface area contributed by atoms with Gasteiger partial charge >= 0.3 is 41.6 Å². The molecule has 0 radical (unpaired) electrons. The number of aliphatic hydroxyl groups is 5. The molecule has 5 rings (SSSR count). The number of amides is 1. The minimum Gasteiger partial charge on any atom is -0.469 e. The Morgan fingerprint density at radius 1 is 0.830 bits per heavy atom. The molecule has 1 amide bonds. The summed E-state index contributed by atoms with van der Waals surface area (Å²) in [5.74, 6) is -7.52. The molecule has 0 unspecified atom stereocenters. The number of cyclic esters (lactones) is 1. The number of likely N-dealkylation sites (N-methyl/N-ethyl adjacent to an activating group) is 2. The smallest absolute Gasteiger partial charge is 0.410 e. The second-order valence-corrected chi connectivity index (χ2v) is 24.6. The number of esters is 5. The Kier molecular flexibility index (Phi) is 25.5. The fourth-order valence-electron chi connectivity index (χ4n) is 12.4. The first-order chi connectivity index (χ1) is 40.9. The van der Waals surface area contributed by atoms with E-state index in [1.807, 2.05) is 11.8 Å². The number of hydrogen-bond donors (Lipinski definition) is 5. The molecule has 0 aliphatic carbocycles. The second-order valence-electron chi connectivity index (χ2n) is 24.6. The number of methoxy groups -OCH3 is 2. The lowest BCUT2D eigenvalue weighted by atomic mass is 9.77. The Hall–Kier alpha value is -5.44. The highest BCUT2D eigenvalue weighted by molar-refractivity contribution is 5.73. The van der Waals surface area contributed by atoms with Crippen molar-refractivity contribution in [2.24, 2.45) is 17.8 Å². The summed E-state index contributed by atoms with van der Waals surface area (Å²) in [7, 11) is 5.62. The van der Waals surface area contributed by atoms with Gasteiger partial charge in [-0.3, -0.25) is 34.1 Å². The summed E-state index contributed by atoms with van der Waals surface area (Å²) in [4.78, 5) is 92.9. The molecule has 4 aliphatic heterocycles. The maximum Gasteiger partial charge on any atom is 0.410 e. The van der Waals surface area contributed by atoms with Gasteiger partial charge in [0.2, 0.25) is 12.4 Å². The minimum atomic E-state index is -1.93. The summed E-state index contributed by atoms with van der Waals surface area (Å²) in [6, 6.07) is 1.68. The van der Waals surface area contributed by atoms with Crippen molar-refractivity contribution in [3.05, 3.63) is 33.9 Å². The number of carbonyl (C=O) groups is 6. The zero-order valence-electron chi connectivity index (χ0n) is 53.4. The number of hydrogen-bond acceptors (Lipinski definition) is 27. The first kappa shape index (κ1) is 73.3. The molecule has 29 nitrogen and oxygen atoms in total. The normalized spacial score (nSPS) is 38.8. The average molecular weight is 1260 g/mol. The summed E-state index contributed by atoms with van der Waals surface area (Å²) in [6.07, 6.45) is -21.9. The highest BCUT2D eigenvalue weighted by Gasteiger charge is 2.56. The van der Waals surface area contributed by atoms with Gasteiger partial charge in [0.05, 0.1) is 66.0 Å². The standard InChI is InChI=1S/C59H93N3O26/c1-18-42-59(13,73)50(68)32(6)60(14)26-28(2)24-57(11,72)52(30(4)46(31(5)53(70)86-42)87-44-25-58(12,77-17)51(69)33(7)80-44)88-54-45(67)39(21-29(3)79-54)61(15)56(71)78-27-37-19-20-40(38(22-37)62(74)75)84-55-49(83-36(10)65)48(82-35(9)64)47(81-34(8)63)41(85-55)23-43(66)76-16/h19-20,22,28-33,39,41-42,44-52,54-55,67-69,72-73H,18,21,23-27H2,1-17H3/t28-,29-,30+,31-,32-,33+,39+,41-,42-,44-,45-,46+,47+,48+,49-,50-,51+,52-,54+,55-,57-,58-,59-/m1/s1. The lowest BCUT2D eigenvalue weighted by Gasteiger charge is -2.49. The lowest BCUT2D eigenvalue weighted by Crippen LogP contribution is -2.63. The summed E-state index contributed by atoms with van der Waals surface area (Å²) in [5, 5.41) is 72.5. The van der Waals surface area contributed by atoms with Crippen LogP contribution < -0.4 is 4.74 Å². The van der Waals surface area contributed by atoms with Crippen molar-refractivity contribution in [2.45, 2.75) is 250 Å². The summed E-state index contributed by atoms with van der Waals surface area (Å²) in [6.45, 7) is 19.2. The number of nitro benzene ring substituents is 1. The third kappa shape index (κ3) is 17.7. The predicted octanol–water partition coefficient (Wildman–Crippen LogP) is 2.98. The number of nitro groups is 1. The second kappa shape index (κ2) is 30.6. The molecule has 4 fully saturated rings. The molecule has 29 heteroatoms. The van der Waals surface area contributed by atoms with Crippen LogP contribution in [0.25, 0.3) is 0 Å². The van der Waals surface area contributed by atoms with E-state index in [4.69, 9.17) is 61.6 Å². The van der Waals surface area contributed by atoms with Crippen LogP contribution in [0.3, 0.4) is 0 Å². The number of ether oxygens (including phenoxy) is 13. The monoisotopic (exact) mass is 1260 g/mol. The molecular formula is C59H93N3O26. The van der Waals surface area contributed by atoms with Crippen molar-refractivity contribution in [1.82, 2.24) is 9.80 Å². The van der Waals surface area contributed by atoms with E-state index in [9.17, 15) is 64.4 Å². The Morgan fingerprint density at radius 2 is 1.44 bits per heavy atom. The van der Waals surface area contributed by atoms with E-state index in [0.29, 0.717) is 0 Å². The van der Waals surface area contributed by atoms with Crippen molar-refractivity contribution >= 4 is 41.6 Å². The van der Waals surface area contributed by atoms with E-state index in [-0.39, 0.29) is 43.7 Å². The molecule has 4 saturated heterocycles. The fraction of sp³-hybridized carbons (Fsp3) is 0.797. The third-order valence-corrected chi connectivity index (χ3v) is 17.2. The van der Waals surface area contributed by atoms with Gasteiger partial charge in [-0.05, 0) is 92.3 Å². The van der Waals surface area contributed by atoms with Crippen molar-refractivity contribution < 1.29 is 121 Å². The lowest BCUT2D eigenvalue weighted by molar-refractivity contribution is -0.387. The van der Waals surface area contributed by atoms with Crippen molar-refractivity contribution in [1.29, 1.82) is 0 Å². The molecule has 5 N–H and O–H groups in total. The number of benzene rings is 1. The first-order valence-electron chi connectivity index (χ1n) is 29.6. The van der Waals surface area contributed by atoms with E-state index in [1.54, 1.807) is 48.6 Å². The first-order valence-corrected chi connectivity index (χ1v) is 29.6. The van der Waals surface area contributed by atoms with Gasteiger partial charge in [-0.2, -0.15) is 0 Å². The van der Waals surface area contributed by atoms with Gasteiger partial charge in [0.25, 0.3) is 0 Å². The Labute approximate surface area is 512 Å². The van der Waals surface area contributed by atoms with Crippen LogP contribution in [-0.4, -0.2) is 232 Å². The van der Waals surface area contributed by atoms with Crippen LogP contribution in [0.4, 0.5) is 10.5 Å². The Bertz CT molecular complexity index is 2570. The van der Waals surface area contributed by atoms with E-state index in [2.05, 4.69) is 0 Å². The van der Waals surface area contributed by atoms with Crippen LogP contribution in [0.15, 0.2) is 18.2 Å². The molecule has 88 heavy (non-hydrogen) atoms. The SMILES string of the molecule is CC[C@H]1OC(=O)[C@H](C)[C@@H](O[C@@H]2C[C@@](C)(OC)[C@@H](O)[C@H](C)O2)[C@H](C)[C@@H](O[C@@H]2O[C@H](C)C[C@H](N(C)C(=O)OCc3ccc(O[C@@H]4O[C@H](CC(=O)OC)[C@H](OC(C)=O)[C@H](OC(C)=O)[C@H]4OC(C)=O)c([N+](=O)[O-])c3)[C@H]2O)[C@](C)(O)C[C@@H](C)CN(C)[C@H](C)[C@@H](O)[C@]1(C)O. The van der Waals surface area contributed by atoms with E-state index >= 15 is 0 Å². The van der Waals surface area contributed by atoms with Crippen molar-refractivity contribution in [3.63, 3.8) is 0 Å². The zero-order valence-corrected chi connectivity index (χ0v) is 53.4. The maximum absolute atomic E-state index is 14.6. The van der Waals surface area contributed by atoms with Gasteiger partial charge in [0.1, 0.15) is 42.7 Å². The zero-order chi connectivity index (χ0) is 66.2. The van der Waals surface area contributed by atoms with E-state index in [0.717, 1.165) is 44.9 Å². The van der Waals surface area contributed by atoms with Crippen molar-refractivity contribution in [2.75, 3.05) is 34.9 Å². The van der Waals surface area contributed by atoms with Gasteiger partial charge < -0.3 is 96.9 Å². The van der Waals surface area contributed by atoms with Crippen molar-refractivity contribution in [3.8, 4) is 5.75 Å². The van der Waals surface area contributed by atoms with Crippen LogP contribution in [0.2, 0.25) is 0 Å². The fourth-order valence-corrected chi connectivity index (χ4v) is 12.4. The van der Waals surface area contributed by atoms with Crippen LogP contribution in [0.1, 0.15) is 128 Å². The average Bonchev–Trinajstić information content (AvgIpc) is 1.06. The van der Waals surface area contributed by atoms with Gasteiger partial charge in [0.15, 0.2) is 30.5 Å². The number of rotatable bonds is 17. The minimum absolute atomic E-state index is 0.0109. The maximum atomic E-state index is 14.6. The molecule has 0 aromatic heterocycles. The van der Waals surface area contributed by atoms with Crippen LogP contribution in [0.5, 0.6) is 5.75 Å². The molecule has 500 valence electrons. The van der Waals surface area contributed by atoms with Crippen LogP contribution in [0, 0.1) is 27.9 Å². The Morgan fingerprint density at radius 3 is 2.02 bits per heavy atom. The van der Waals surface area contributed by atoms with Gasteiger partial charge in [0, 0.05) is 65.9 Å². The van der Waals surface area contributed by atoms with Crippen LogP contribution >= 0.6 is 0 Å². The molecule has 4 aliphatic rings. The molecule has 0 spiro atoms. The summed E-state index contributed by atoms with van der Waals surface area (Å²) >= 11 is 0. The molecule has 0 bridgehead atoms. The highest BCUT2D eigenvalue weighted by atomic mass is 16.7. The Balaban J connectivity index is 1.45. The molecule has 4 heterocycles. The molecule has 0 saturated carbocycles. The largest absolute Gasteiger partial charge is 0.469 e. The molecule has 23 atom stereocenters. The summed E-state index contributed by atoms with van der Waals surface area (Å²) < 4.78 is 76.5. The van der Waals surface area contributed by atoms with E-state index in [1.165, 1.54) is 41.0 Å². The summed E-state index contributed by atoms with van der Waals surface area (Å²) in [5.41, 5.74) is -5.59. The topological polar surface area (TPSA) is 373 Å². The molecule has 1 aromatic rings. The highest BCUT2D eigenvalue weighted by Crippen LogP contribution is 2.42. The number of aliphatic hydroxyl groups excluding tert-OH is 3. The molecular weight excluding hydrogens is 1170 g/mol. The number of carbonyl (C=O) groups excluding carboxylic acids is 6. The third-order valence-electron chi connectivity index (χ3n) is 17.2. The number of nitrogens with zero attached hydrogens (tertiary/aromatic N) is 3. The van der Waals surface area contributed by atoms with E-state index < -0.39 is 198 Å². The van der Waals surface area contributed by atoms with Gasteiger partial charge in [-0.15, -0.1) is 0 Å². The molecule has 1 aromatic carbocycles. The van der Waals surface area contributed by atoms with Gasteiger partial charge in [-0.1, -0.05) is 26.8 Å². The van der Waals surface area contributed by atoms with Gasteiger partial charge in [-0.25, -0.2) is 4.79 Å². The quantitative estimate of drug-likeness (QED) is 0.0648.